The molecule has 1 aromatic rings. The highest BCUT2D eigenvalue weighted by Gasteiger charge is 2.57. The van der Waals surface area contributed by atoms with Gasteiger partial charge in [-0.1, -0.05) is 5.16 Å². The topological polar surface area (TPSA) is 66.7 Å². The molecule has 2 amide bonds. The van der Waals surface area contributed by atoms with Crippen LogP contribution in [-0.2, 0) is 4.79 Å². The summed E-state index contributed by atoms with van der Waals surface area (Å²) in [6.45, 7) is 3.70. The molecular weight excluding hydrogens is 308 g/mol. The Kier molecular flexibility index (Phi) is 3.65. The van der Waals surface area contributed by atoms with Gasteiger partial charge in [0.25, 0.3) is 11.8 Å². The van der Waals surface area contributed by atoms with Crippen LogP contribution in [0.5, 0.6) is 0 Å². The zero-order valence-corrected chi connectivity index (χ0v) is 13.1. The number of likely N-dealkylation sites (tertiary alicyclic amines) is 2. The van der Waals surface area contributed by atoms with Gasteiger partial charge in [0.2, 0.25) is 11.7 Å². The van der Waals surface area contributed by atoms with Gasteiger partial charge in [0.15, 0.2) is 0 Å². The maximum absolute atomic E-state index is 14.2. The van der Waals surface area contributed by atoms with E-state index in [1.165, 1.54) is 6.07 Å². The second-order valence-corrected chi connectivity index (χ2v) is 6.44. The molecular formula is C15H19F2N3O3. The molecule has 0 N–H and O–H groups in total. The van der Waals surface area contributed by atoms with Crippen LogP contribution >= 0.6 is 0 Å². The molecule has 6 nitrogen and oxygen atoms in total. The van der Waals surface area contributed by atoms with Gasteiger partial charge >= 0.3 is 0 Å². The van der Waals surface area contributed by atoms with Crippen molar-refractivity contribution in [2.75, 3.05) is 26.2 Å². The van der Waals surface area contributed by atoms with E-state index in [1.54, 1.807) is 11.8 Å². The quantitative estimate of drug-likeness (QED) is 0.829. The Hall–Kier alpha value is -1.99. The van der Waals surface area contributed by atoms with Crippen molar-refractivity contribution in [2.45, 2.75) is 32.6 Å². The van der Waals surface area contributed by atoms with E-state index in [0.29, 0.717) is 25.2 Å². The fraction of sp³-hybridized carbons (Fsp3) is 0.667. The number of alkyl halides is 2. The van der Waals surface area contributed by atoms with Crippen LogP contribution < -0.4 is 0 Å². The summed E-state index contributed by atoms with van der Waals surface area (Å²) in [5.41, 5.74) is -0.691. The first-order valence-electron chi connectivity index (χ1n) is 7.66. The number of aromatic nitrogens is 1. The lowest BCUT2D eigenvalue weighted by molar-refractivity contribution is -0.151. The Labute approximate surface area is 132 Å². The van der Waals surface area contributed by atoms with Gasteiger partial charge in [-0.3, -0.25) is 9.59 Å². The van der Waals surface area contributed by atoms with E-state index in [2.05, 4.69) is 5.16 Å². The number of halogens is 2. The summed E-state index contributed by atoms with van der Waals surface area (Å²) < 4.78 is 33.3. The van der Waals surface area contributed by atoms with Crippen LogP contribution in [-0.4, -0.2) is 58.9 Å². The second kappa shape index (κ2) is 5.28. The molecule has 23 heavy (non-hydrogen) atoms. The lowest BCUT2D eigenvalue weighted by atomic mass is 9.77. The molecule has 2 fully saturated rings. The maximum Gasteiger partial charge on any atom is 0.292 e. The Morgan fingerprint density at radius 3 is 2.74 bits per heavy atom. The van der Waals surface area contributed by atoms with E-state index in [-0.39, 0.29) is 18.2 Å². The number of carbonyl (C=O) groups is 2. The summed E-state index contributed by atoms with van der Waals surface area (Å²) in [5.74, 6) is -4.10. The van der Waals surface area contributed by atoms with Gasteiger partial charge in [0.1, 0.15) is 0 Å². The first-order valence-corrected chi connectivity index (χ1v) is 7.66. The maximum atomic E-state index is 14.2. The number of amides is 2. The molecule has 0 aromatic carbocycles. The van der Waals surface area contributed by atoms with Crippen molar-refractivity contribution in [3.05, 3.63) is 17.5 Å². The average molecular weight is 327 g/mol. The third-order valence-electron chi connectivity index (χ3n) is 4.62. The van der Waals surface area contributed by atoms with Crippen LogP contribution in [0, 0.1) is 12.3 Å². The molecule has 2 aliphatic heterocycles. The Morgan fingerprint density at radius 1 is 1.43 bits per heavy atom. The Bertz CT molecular complexity index is 646. The van der Waals surface area contributed by atoms with E-state index in [1.807, 2.05) is 6.92 Å². The molecule has 0 unspecified atom stereocenters. The number of piperidine rings is 1. The van der Waals surface area contributed by atoms with Gasteiger partial charge in [0.05, 0.1) is 17.7 Å². The molecule has 0 saturated carbocycles. The van der Waals surface area contributed by atoms with Crippen LogP contribution in [0.15, 0.2) is 10.6 Å². The van der Waals surface area contributed by atoms with Crippen molar-refractivity contribution < 1.29 is 22.9 Å². The molecule has 0 aliphatic carbocycles. The van der Waals surface area contributed by atoms with Gasteiger partial charge in [0, 0.05) is 32.1 Å². The number of nitrogens with zero attached hydrogens (tertiary/aromatic N) is 3. The summed E-state index contributed by atoms with van der Waals surface area (Å²) >= 11 is 0. The zero-order chi connectivity index (χ0) is 16.8. The van der Waals surface area contributed by atoms with Gasteiger partial charge in [-0.2, -0.15) is 0 Å². The lowest BCUT2D eigenvalue weighted by Gasteiger charge is -2.42. The molecule has 1 spiro atoms. The summed E-state index contributed by atoms with van der Waals surface area (Å²) in [6.07, 6.45) is -0.164. The highest BCUT2D eigenvalue weighted by Crippen LogP contribution is 2.45. The number of rotatable bonds is 2. The van der Waals surface area contributed by atoms with Crippen molar-refractivity contribution >= 4 is 11.8 Å². The zero-order valence-electron chi connectivity index (χ0n) is 13.1. The fourth-order valence-electron chi connectivity index (χ4n) is 3.58. The smallest absolute Gasteiger partial charge is 0.292 e. The highest BCUT2D eigenvalue weighted by molar-refractivity contribution is 5.93. The molecule has 8 heteroatoms. The minimum absolute atomic E-state index is 0.00347. The van der Waals surface area contributed by atoms with E-state index < -0.39 is 30.2 Å². The monoisotopic (exact) mass is 327 g/mol. The van der Waals surface area contributed by atoms with Gasteiger partial charge in [-0.05, 0) is 20.3 Å². The van der Waals surface area contributed by atoms with Crippen LogP contribution in [0.2, 0.25) is 0 Å². The molecule has 3 heterocycles. The van der Waals surface area contributed by atoms with Gasteiger partial charge < -0.3 is 14.3 Å². The number of aryl methyl sites for hydroxylation is 1. The van der Waals surface area contributed by atoms with Crippen molar-refractivity contribution in [3.8, 4) is 0 Å². The van der Waals surface area contributed by atoms with Crippen LogP contribution in [0.4, 0.5) is 8.78 Å². The predicted octanol–water partition coefficient (Wildman–Crippen LogP) is 1.70. The average Bonchev–Trinajstić information content (AvgIpc) is 3.02. The summed E-state index contributed by atoms with van der Waals surface area (Å²) in [4.78, 5) is 27.6. The van der Waals surface area contributed by atoms with Crippen molar-refractivity contribution in [1.82, 2.24) is 15.0 Å². The largest absolute Gasteiger partial charge is 0.351 e. The molecule has 2 saturated heterocycles. The van der Waals surface area contributed by atoms with E-state index in [9.17, 15) is 18.4 Å². The van der Waals surface area contributed by atoms with Crippen LogP contribution in [0.1, 0.15) is 36.0 Å². The molecule has 2 aliphatic rings. The summed E-state index contributed by atoms with van der Waals surface area (Å²) in [5, 5.41) is 3.61. The minimum Gasteiger partial charge on any atom is -0.351 e. The van der Waals surface area contributed by atoms with E-state index in [0.717, 1.165) is 4.90 Å². The molecule has 0 bridgehead atoms. The van der Waals surface area contributed by atoms with E-state index in [4.69, 9.17) is 4.52 Å². The summed E-state index contributed by atoms with van der Waals surface area (Å²) in [7, 11) is 0. The van der Waals surface area contributed by atoms with Crippen molar-refractivity contribution in [3.63, 3.8) is 0 Å². The minimum atomic E-state index is -3.09. The highest BCUT2D eigenvalue weighted by atomic mass is 19.3. The summed E-state index contributed by atoms with van der Waals surface area (Å²) in [6, 6.07) is 1.41. The van der Waals surface area contributed by atoms with E-state index >= 15 is 0 Å². The molecule has 1 atom stereocenters. The fourth-order valence-corrected chi connectivity index (χ4v) is 3.58. The molecule has 0 radical (unpaired) electrons. The predicted molar refractivity (Wildman–Crippen MR) is 76.0 cm³/mol. The number of carbonyl (C=O) groups excluding carboxylic acids is 2. The van der Waals surface area contributed by atoms with Crippen molar-refractivity contribution in [1.29, 1.82) is 0 Å². The van der Waals surface area contributed by atoms with Gasteiger partial charge in [-0.25, -0.2) is 8.78 Å². The number of hydrogen-bond donors (Lipinski definition) is 0. The molecule has 1 aromatic heterocycles. The first kappa shape index (κ1) is 15.9. The SMILES string of the molecule is CCN1CC[C@@]2(CN(C(=O)c3cc(C)no3)CC(F)(F)C2)C1=O. The second-order valence-electron chi connectivity index (χ2n) is 6.44. The standard InChI is InChI=1S/C15H19F2N3O3/c1-3-19-5-4-14(13(19)22)7-15(16,17)9-20(8-14)12(21)11-6-10(2)18-23-11/h6H,3-5,7-9H2,1-2H3/t14-/m1/s1. The number of hydrogen-bond acceptors (Lipinski definition) is 4. The molecule has 3 rings (SSSR count). The van der Waals surface area contributed by atoms with Crippen LogP contribution in [0.3, 0.4) is 0 Å². The third kappa shape index (κ3) is 2.70. The normalized spacial score (nSPS) is 27.0. The Morgan fingerprint density at radius 2 is 2.17 bits per heavy atom. The molecule has 126 valence electrons. The van der Waals surface area contributed by atoms with Crippen molar-refractivity contribution in [2.24, 2.45) is 5.41 Å². The Balaban J connectivity index is 1.88. The van der Waals surface area contributed by atoms with Gasteiger partial charge in [-0.15, -0.1) is 0 Å². The first-order chi connectivity index (χ1) is 10.8. The lowest BCUT2D eigenvalue weighted by Crippen LogP contribution is -2.57. The van der Waals surface area contributed by atoms with Crippen LogP contribution in [0.25, 0.3) is 0 Å². The third-order valence-corrected chi connectivity index (χ3v) is 4.62.